The molecule has 0 bridgehead atoms. The van der Waals surface area contributed by atoms with Gasteiger partial charge in [0.15, 0.2) is 0 Å². The minimum Gasteiger partial charge on any atom is -0.0845 e. The molecule has 0 saturated carbocycles. The van der Waals surface area contributed by atoms with Gasteiger partial charge < -0.3 is 0 Å². The highest BCUT2D eigenvalue weighted by Crippen LogP contribution is 2.03. The molecule has 0 aromatic heterocycles. The summed E-state index contributed by atoms with van der Waals surface area (Å²) in [5.74, 6) is 0. The third-order valence-electron chi connectivity index (χ3n) is 1.60. The molecule has 1 aliphatic rings. The monoisotopic (exact) mass is 134 g/mol. The van der Waals surface area contributed by atoms with Gasteiger partial charge in [0.1, 0.15) is 0 Å². The van der Waals surface area contributed by atoms with Gasteiger partial charge in [-0.25, -0.2) is 0 Å². The Morgan fingerprint density at radius 2 is 1.10 bits per heavy atom. The summed E-state index contributed by atoms with van der Waals surface area (Å²) in [5.41, 5.74) is 0. The lowest BCUT2D eigenvalue weighted by atomic mass is 10.1. The second-order valence-corrected chi connectivity index (χ2v) is 2.53. The number of hydrogen-bond donors (Lipinski definition) is 0. The Kier molecular flexibility index (Phi) is 3.69. The summed E-state index contributed by atoms with van der Waals surface area (Å²) in [5, 5.41) is 0. The van der Waals surface area contributed by atoms with E-state index in [-0.39, 0.29) is 0 Å². The van der Waals surface area contributed by atoms with Crippen molar-refractivity contribution in [1.82, 2.24) is 0 Å². The zero-order valence-corrected chi connectivity index (χ0v) is 6.29. The maximum absolute atomic E-state index is 2.23. The summed E-state index contributed by atoms with van der Waals surface area (Å²) >= 11 is 0. The van der Waals surface area contributed by atoms with Crippen molar-refractivity contribution in [2.45, 2.75) is 25.7 Å². The Bertz CT molecular complexity index is 131. The average Bonchev–Trinajstić information content (AvgIpc) is 2.01. The molecule has 1 rings (SSSR count). The Balaban J connectivity index is 2.40. The van der Waals surface area contributed by atoms with E-state index in [0.717, 1.165) is 0 Å². The molecule has 1 aliphatic carbocycles. The van der Waals surface area contributed by atoms with Gasteiger partial charge in [-0.05, 0) is 25.7 Å². The third-order valence-corrected chi connectivity index (χ3v) is 1.60. The number of allylic oxidation sites excluding steroid dienone is 6. The maximum atomic E-state index is 2.23. The molecule has 0 aliphatic heterocycles. The van der Waals surface area contributed by atoms with E-state index in [9.17, 15) is 0 Å². The first kappa shape index (κ1) is 7.33. The van der Waals surface area contributed by atoms with Gasteiger partial charge in [0, 0.05) is 0 Å². The van der Waals surface area contributed by atoms with Crippen LogP contribution in [0, 0.1) is 0 Å². The molecular weight excluding hydrogens is 120 g/mol. The van der Waals surface area contributed by atoms with Gasteiger partial charge >= 0.3 is 0 Å². The predicted molar refractivity (Wildman–Crippen MR) is 45.9 cm³/mol. The van der Waals surface area contributed by atoms with Gasteiger partial charge in [0.05, 0.1) is 0 Å². The van der Waals surface area contributed by atoms with E-state index < -0.39 is 0 Å². The van der Waals surface area contributed by atoms with Crippen LogP contribution in [0.15, 0.2) is 36.5 Å². The largest absolute Gasteiger partial charge is 0.0845 e. The summed E-state index contributed by atoms with van der Waals surface area (Å²) in [6, 6.07) is 0. The Morgan fingerprint density at radius 1 is 0.600 bits per heavy atom. The molecule has 0 atom stereocenters. The van der Waals surface area contributed by atoms with Gasteiger partial charge in [0.2, 0.25) is 0 Å². The fourth-order valence-corrected chi connectivity index (χ4v) is 1.00. The highest BCUT2D eigenvalue weighted by molar-refractivity contribution is 5.11. The predicted octanol–water partition coefficient (Wildman–Crippen LogP) is 3.23. The van der Waals surface area contributed by atoms with Gasteiger partial charge in [-0.2, -0.15) is 0 Å². The van der Waals surface area contributed by atoms with E-state index in [1.165, 1.54) is 25.7 Å². The van der Waals surface area contributed by atoms with Crippen LogP contribution in [0.25, 0.3) is 0 Å². The van der Waals surface area contributed by atoms with Crippen LogP contribution in [0.1, 0.15) is 25.7 Å². The zero-order chi connectivity index (χ0) is 7.07. The summed E-state index contributed by atoms with van der Waals surface area (Å²) in [7, 11) is 0. The van der Waals surface area contributed by atoms with Crippen LogP contribution < -0.4 is 0 Å². The molecule has 0 nitrogen and oxygen atoms in total. The second kappa shape index (κ2) is 5.04. The highest BCUT2D eigenvalue weighted by atomic mass is 13.9. The Morgan fingerprint density at radius 3 is 1.60 bits per heavy atom. The van der Waals surface area contributed by atoms with Crippen molar-refractivity contribution in [3.8, 4) is 0 Å². The summed E-state index contributed by atoms with van der Waals surface area (Å²) in [4.78, 5) is 0. The van der Waals surface area contributed by atoms with Crippen molar-refractivity contribution in [2.24, 2.45) is 0 Å². The molecule has 0 saturated heterocycles. The summed E-state index contributed by atoms with van der Waals surface area (Å²) in [6.45, 7) is 0. The van der Waals surface area contributed by atoms with E-state index in [0.29, 0.717) is 0 Å². The minimum absolute atomic E-state index is 1.23. The van der Waals surface area contributed by atoms with Crippen LogP contribution in [-0.2, 0) is 0 Å². The van der Waals surface area contributed by atoms with E-state index in [1.807, 2.05) is 0 Å². The molecule has 54 valence electrons. The normalized spacial score (nSPS) is 25.6. The van der Waals surface area contributed by atoms with Crippen LogP contribution >= 0.6 is 0 Å². The van der Waals surface area contributed by atoms with Gasteiger partial charge in [-0.1, -0.05) is 36.5 Å². The van der Waals surface area contributed by atoms with Crippen LogP contribution in [0.5, 0.6) is 0 Å². The lowest BCUT2D eigenvalue weighted by Crippen LogP contribution is -1.72. The molecule has 0 amide bonds. The standard InChI is InChI=1S/C10H14/c1-2-4-6-8-10-9-7-5-3-1/h1-6H,7-10H2/b2-1-,5-3+,6-4?. The fraction of sp³-hybridized carbons (Fsp3) is 0.400. The third kappa shape index (κ3) is 3.29. The fourth-order valence-electron chi connectivity index (χ4n) is 1.00. The lowest BCUT2D eigenvalue weighted by Gasteiger charge is -1.92. The molecule has 0 aromatic carbocycles. The van der Waals surface area contributed by atoms with Crippen molar-refractivity contribution >= 4 is 0 Å². The summed E-state index contributed by atoms with van der Waals surface area (Å²) < 4.78 is 0. The quantitative estimate of drug-likeness (QED) is 0.477. The maximum Gasteiger partial charge on any atom is -0.0347 e. The first-order valence-electron chi connectivity index (χ1n) is 3.98. The zero-order valence-electron chi connectivity index (χ0n) is 6.29. The van der Waals surface area contributed by atoms with Crippen molar-refractivity contribution in [3.05, 3.63) is 36.5 Å². The number of hydrogen-bond acceptors (Lipinski definition) is 0. The number of rotatable bonds is 0. The molecule has 0 aromatic rings. The van der Waals surface area contributed by atoms with Gasteiger partial charge in [0.25, 0.3) is 0 Å². The molecule has 0 heterocycles. The topological polar surface area (TPSA) is 0 Å². The van der Waals surface area contributed by atoms with Crippen molar-refractivity contribution < 1.29 is 0 Å². The Labute approximate surface area is 62.9 Å². The van der Waals surface area contributed by atoms with Gasteiger partial charge in [-0.3, -0.25) is 0 Å². The van der Waals surface area contributed by atoms with E-state index in [2.05, 4.69) is 36.5 Å². The van der Waals surface area contributed by atoms with Crippen LogP contribution in [0.2, 0.25) is 0 Å². The van der Waals surface area contributed by atoms with Crippen LogP contribution in [0.4, 0.5) is 0 Å². The molecule has 10 heavy (non-hydrogen) atoms. The van der Waals surface area contributed by atoms with Crippen LogP contribution in [0.3, 0.4) is 0 Å². The molecule has 0 N–H and O–H groups in total. The molecule has 0 fully saturated rings. The molecular formula is C10H14. The SMILES string of the molecule is C1=CCCCC/C=C/C=C\1. The van der Waals surface area contributed by atoms with E-state index >= 15 is 0 Å². The molecule has 0 unspecified atom stereocenters. The highest BCUT2D eigenvalue weighted by Gasteiger charge is 1.83. The van der Waals surface area contributed by atoms with Gasteiger partial charge in [-0.15, -0.1) is 0 Å². The van der Waals surface area contributed by atoms with Crippen LogP contribution in [-0.4, -0.2) is 0 Å². The summed E-state index contributed by atoms with van der Waals surface area (Å²) in [6.07, 6.45) is 18.0. The average molecular weight is 134 g/mol. The smallest absolute Gasteiger partial charge is 0.0347 e. The lowest BCUT2D eigenvalue weighted by molar-refractivity contribution is 0.762. The first-order chi connectivity index (χ1) is 5.00. The first-order valence-corrected chi connectivity index (χ1v) is 3.98. The van der Waals surface area contributed by atoms with Crippen molar-refractivity contribution in [2.75, 3.05) is 0 Å². The van der Waals surface area contributed by atoms with Crippen molar-refractivity contribution in [3.63, 3.8) is 0 Å². The second-order valence-electron chi connectivity index (χ2n) is 2.53. The minimum atomic E-state index is 1.23. The molecule has 0 spiro atoms. The molecule has 0 heteroatoms. The molecule has 0 radical (unpaired) electrons. The van der Waals surface area contributed by atoms with E-state index in [4.69, 9.17) is 0 Å². The van der Waals surface area contributed by atoms with E-state index in [1.54, 1.807) is 0 Å². The van der Waals surface area contributed by atoms with Crippen molar-refractivity contribution in [1.29, 1.82) is 0 Å². The Hall–Kier alpha value is -0.780.